The third-order valence-electron chi connectivity index (χ3n) is 4.19. The summed E-state index contributed by atoms with van der Waals surface area (Å²) in [4.78, 5) is 15.4. The van der Waals surface area contributed by atoms with Crippen molar-refractivity contribution in [2.75, 3.05) is 38.5 Å². The van der Waals surface area contributed by atoms with E-state index in [0.717, 1.165) is 8.66 Å². The maximum absolute atomic E-state index is 12.8. The van der Waals surface area contributed by atoms with E-state index in [4.69, 9.17) is 0 Å². The molecule has 2 aromatic rings. The third kappa shape index (κ3) is 5.26. The van der Waals surface area contributed by atoms with Gasteiger partial charge in [0, 0.05) is 42.8 Å². The molecule has 1 amide bonds. The highest BCUT2D eigenvalue weighted by Gasteiger charge is 2.27. The zero-order chi connectivity index (χ0) is 19.4. The highest BCUT2D eigenvalue weighted by molar-refractivity contribution is 9.11. The molecule has 2 heterocycles. The molecular formula is C18H20BrN3O3S2. The largest absolute Gasteiger partial charge is 0.322 e. The van der Waals surface area contributed by atoms with Gasteiger partial charge in [-0.15, -0.1) is 11.3 Å². The van der Waals surface area contributed by atoms with E-state index in [1.165, 1.54) is 27.8 Å². The molecule has 144 valence electrons. The maximum Gasteiger partial charge on any atom is 0.248 e. The number of halogens is 1. The van der Waals surface area contributed by atoms with Crippen molar-refractivity contribution in [1.29, 1.82) is 0 Å². The number of benzene rings is 1. The van der Waals surface area contributed by atoms with Crippen molar-refractivity contribution in [2.24, 2.45) is 0 Å². The maximum atomic E-state index is 12.8. The van der Waals surface area contributed by atoms with Crippen molar-refractivity contribution in [3.05, 3.63) is 51.1 Å². The monoisotopic (exact) mass is 469 g/mol. The van der Waals surface area contributed by atoms with E-state index in [9.17, 15) is 13.2 Å². The molecule has 0 bridgehead atoms. The third-order valence-corrected chi connectivity index (χ3v) is 7.68. The lowest BCUT2D eigenvalue weighted by Crippen LogP contribution is -2.47. The van der Waals surface area contributed by atoms with Gasteiger partial charge in [-0.2, -0.15) is 4.31 Å². The minimum absolute atomic E-state index is 0.191. The molecule has 0 atom stereocenters. The van der Waals surface area contributed by atoms with Crippen LogP contribution in [0.15, 0.2) is 51.2 Å². The number of likely N-dealkylation sites (N-methyl/N-ethyl adjacent to an activating group) is 1. The van der Waals surface area contributed by atoms with E-state index in [1.807, 2.05) is 19.2 Å². The fraction of sp³-hybridized carbons (Fsp3) is 0.278. The van der Waals surface area contributed by atoms with Gasteiger partial charge >= 0.3 is 0 Å². The number of carbonyl (C=O) groups is 1. The van der Waals surface area contributed by atoms with Gasteiger partial charge < -0.3 is 10.2 Å². The number of piperazine rings is 1. The number of carbonyl (C=O) groups excluding carboxylic acids is 1. The highest BCUT2D eigenvalue weighted by atomic mass is 79.9. The first-order valence-electron chi connectivity index (χ1n) is 8.38. The molecule has 0 spiro atoms. The van der Waals surface area contributed by atoms with Crippen LogP contribution in [-0.2, 0) is 14.8 Å². The number of thiophene rings is 1. The number of nitrogens with zero attached hydrogens (tertiary/aromatic N) is 2. The Balaban J connectivity index is 1.69. The Morgan fingerprint density at radius 1 is 1.19 bits per heavy atom. The van der Waals surface area contributed by atoms with Crippen molar-refractivity contribution in [3.8, 4) is 0 Å². The van der Waals surface area contributed by atoms with Crippen LogP contribution in [-0.4, -0.2) is 56.8 Å². The molecule has 1 saturated heterocycles. The van der Waals surface area contributed by atoms with Gasteiger partial charge in [0.15, 0.2) is 0 Å². The Labute approximate surface area is 171 Å². The quantitative estimate of drug-likeness (QED) is 0.682. The fourth-order valence-electron chi connectivity index (χ4n) is 2.67. The van der Waals surface area contributed by atoms with Crippen LogP contribution >= 0.6 is 27.3 Å². The van der Waals surface area contributed by atoms with E-state index in [2.05, 4.69) is 26.1 Å². The van der Waals surface area contributed by atoms with Crippen LogP contribution in [0.5, 0.6) is 0 Å². The summed E-state index contributed by atoms with van der Waals surface area (Å²) >= 11 is 4.90. The summed E-state index contributed by atoms with van der Waals surface area (Å²) in [5.74, 6) is -0.311. The van der Waals surface area contributed by atoms with Gasteiger partial charge in [-0.05, 0) is 59.4 Å². The van der Waals surface area contributed by atoms with E-state index < -0.39 is 10.0 Å². The lowest BCUT2D eigenvalue weighted by Gasteiger charge is -2.31. The summed E-state index contributed by atoms with van der Waals surface area (Å²) < 4.78 is 28.1. The van der Waals surface area contributed by atoms with Gasteiger partial charge in [0.1, 0.15) is 0 Å². The topological polar surface area (TPSA) is 69.7 Å². The molecule has 1 aromatic carbocycles. The minimum Gasteiger partial charge on any atom is -0.322 e. The van der Waals surface area contributed by atoms with Crippen LogP contribution in [0.3, 0.4) is 0 Å². The predicted octanol–water partition coefficient (Wildman–Crippen LogP) is 3.10. The van der Waals surface area contributed by atoms with Gasteiger partial charge in [-0.3, -0.25) is 4.79 Å². The lowest BCUT2D eigenvalue weighted by molar-refractivity contribution is -0.111. The second-order valence-electron chi connectivity index (χ2n) is 6.20. The van der Waals surface area contributed by atoms with Crippen molar-refractivity contribution in [2.45, 2.75) is 4.90 Å². The predicted molar refractivity (Wildman–Crippen MR) is 112 cm³/mol. The van der Waals surface area contributed by atoms with Crippen LogP contribution in [0, 0.1) is 0 Å². The number of sulfonamides is 1. The van der Waals surface area contributed by atoms with Crippen LogP contribution in [0.4, 0.5) is 5.69 Å². The molecule has 9 heteroatoms. The first kappa shape index (κ1) is 20.2. The molecule has 0 saturated carbocycles. The summed E-state index contributed by atoms with van der Waals surface area (Å²) in [6.07, 6.45) is 3.15. The Kier molecular flexibility index (Phi) is 6.48. The zero-order valence-corrected chi connectivity index (χ0v) is 18.0. The van der Waals surface area contributed by atoms with Crippen molar-refractivity contribution in [3.63, 3.8) is 0 Å². The molecule has 1 fully saturated rings. The number of anilines is 1. The van der Waals surface area contributed by atoms with Gasteiger partial charge in [-0.1, -0.05) is 6.07 Å². The number of rotatable bonds is 5. The smallest absolute Gasteiger partial charge is 0.248 e. The van der Waals surface area contributed by atoms with Crippen molar-refractivity contribution < 1.29 is 13.2 Å². The number of hydrogen-bond donors (Lipinski definition) is 1. The molecule has 3 rings (SSSR count). The van der Waals surface area contributed by atoms with Gasteiger partial charge in [0.05, 0.1) is 8.68 Å². The van der Waals surface area contributed by atoms with E-state index in [1.54, 1.807) is 24.3 Å². The SMILES string of the molecule is CN1CCN(S(=O)(=O)c2cccc(NC(=O)/C=C/c3ccc(Br)s3)c2)CC1. The fourth-order valence-corrected chi connectivity index (χ4v) is 5.47. The number of nitrogens with one attached hydrogen (secondary N) is 1. The average molecular weight is 470 g/mol. The summed E-state index contributed by atoms with van der Waals surface area (Å²) in [6.45, 7) is 2.35. The summed E-state index contributed by atoms with van der Waals surface area (Å²) in [6, 6.07) is 10.2. The first-order chi connectivity index (χ1) is 12.8. The molecule has 1 aliphatic heterocycles. The molecule has 0 aliphatic carbocycles. The Morgan fingerprint density at radius 3 is 2.59 bits per heavy atom. The second kappa shape index (κ2) is 8.66. The van der Waals surface area contributed by atoms with Crippen molar-refractivity contribution in [1.82, 2.24) is 9.21 Å². The first-order valence-corrected chi connectivity index (χ1v) is 11.4. The molecule has 1 aromatic heterocycles. The van der Waals surface area contributed by atoms with Crippen LogP contribution in [0.25, 0.3) is 6.08 Å². The van der Waals surface area contributed by atoms with E-state index in [0.29, 0.717) is 31.9 Å². The number of amides is 1. The molecular weight excluding hydrogens is 450 g/mol. The highest BCUT2D eigenvalue weighted by Crippen LogP contribution is 2.23. The van der Waals surface area contributed by atoms with Gasteiger partial charge in [0.2, 0.25) is 15.9 Å². The molecule has 27 heavy (non-hydrogen) atoms. The zero-order valence-electron chi connectivity index (χ0n) is 14.8. The Hall–Kier alpha value is -1.52. The Bertz CT molecular complexity index is 948. The van der Waals surface area contributed by atoms with Gasteiger partial charge in [-0.25, -0.2) is 8.42 Å². The molecule has 6 nitrogen and oxygen atoms in total. The molecule has 0 unspecified atom stereocenters. The molecule has 1 aliphatic rings. The number of hydrogen-bond acceptors (Lipinski definition) is 5. The standard InChI is InChI=1S/C18H20BrN3O3S2/c1-21-9-11-22(12-10-21)27(24,25)16-4-2-3-14(13-16)20-18(23)8-6-15-5-7-17(19)26-15/h2-8,13H,9-12H2,1H3,(H,20,23)/b8-6+. The normalized spacial score (nSPS) is 16.7. The van der Waals surface area contributed by atoms with Crippen molar-refractivity contribution >= 4 is 55.0 Å². The van der Waals surface area contributed by atoms with E-state index >= 15 is 0 Å². The molecule has 0 radical (unpaired) electrons. The van der Waals surface area contributed by atoms with E-state index in [-0.39, 0.29) is 10.8 Å². The van der Waals surface area contributed by atoms with Gasteiger partial charge in [0.25, 0.3) is 0 Å². The average Bonchev–Trinajstić information content (AvgIpc) is 3.06. The van der Waals surface area contributed by atoms with Crippen LogP contribution < -0.4 is 5.32 Å². The summed E-state index contributed by atoms with van der Waals surface area (Å²) in [5.41, 5.74) is 0.451. The molecule has 1 N–H and O–H groups in total. The summed E-state index contributed by atoms with van der Waals surface area (Å²) in [7, 11) is -1.59. The minimum atomic E-state index is -3.56. The Morgan fingerprint density at radius 2 is 1.93 bits per heavy atom. The summed E-state index contributed by atoms with van der Waals surface area (Å²) in [5, 5.41) is 2.72. The van der Waals surface area contributed by atoms with Crippen LogP contribution in [0.1, 0.15) is 4.88 Å². The van der Waals surface area contributed by atoms with Crippen LogP contribution in [0.2, 0.25) is 0 Å². The lowest BCUT2D eigenvalue weighted by atomic mass is 10.3. The second-order valence-corrected chi connectivity index (χ2v) is 10.6.